The van der Waals surface area contributed by atoms with Gasteiger partial charge in [-0.2, -0.15) is 13.2 Å². The second kappa shape index (κ2) is 9.29. The van der Waals surface area contributed by atoms with E-state index in [1.54, 1.807) is 6.20 Å². The standard InChI is InChI=1S/C22H28F3N3O2/c23-22(24,25)21-6-5-19(30-21)4-3-16-7-10-28(11-8-16)18-12-20(14-26-13-18)29-15-17-2-1-9-27-17/h5-6,12-14,16-17,27H,1-4,7-11,15H2/t17-/m0/s1. The van der Waals surface area contributed by atoms with Crippen molar-refractivity contribution in [1.29, 1.82) is 0 Å². The number of piperidine rings is 1. The van der Waals surface area contributed by atoms with Gasteiger partial charge in [0.1, 0.15) is 18.1 Å². The van der Waals surface area contributed by atoms with Crippen LogP contribution in [-0.2, 0) is 12.6 Å². The van der Waals surface area contributed by atoms with Gasteiger partial charge in [-0.1, -0.05) is 0 Å². The van der Waals surface area contributed by atoms with Crippen LogP contribution in [0.25, 0.3) is 0 Å². The molecule has 0 radical (unpaired) electrons. The van der Waals surface area contributed by atoms with E-state index in [0.29, 0.717) is 30.7 Å². The molecule has 2 saturated heterocycles. The van der Waals surface area contributed by atoms with Gasteiger partial charge in [0.25, 0.3) is 0 Å². The molecule has 1 atom stereocenters. The number of aryl methyl sites for hydroxylation is 1. The molecule has 0 aliphatic carbocycles. The number of hydrogen-bond acceptors (Lipinski definition) is 5. The average Bonchev–Trinajstić information content (AvgIpc) is 3.43. The van der Waals surface area contributed by atoms with Crippen LogP contribution < -0.4 is 15.0 Å². The number of pyridine rings is 1. The van der Waals surface area contributed by atoms with Crippen molar-refractivity contribution in [2.75, 3.05) is 31.1 Å². The number of anilines is 1. The van der Waals surface area contributed by atoms with Gasteiger partial charge in [-0.15, -0.1) is 0 Å². The molecule has 4 rings (SSSR count). The van der Waals surface area contributed by atoms with Crippen LogP contribution in [0.5, 0.6) is 5.75 Å². The Morgan fingerprint density at radius 3 is 2.70 bits per heavy atom. The smallest absolute Gasteiger partial charge is 0.449 e. The molecule has 4 heterocycles. The minimum absolute atomic E-state index is 0.413. The molecule has 2 aromatic rings. The third kappa shape index (κ3) is 5.47. The minimum atomic E-state index is -4.41. The summed E-state index contributed by atoms with van der Waals surface area (Å²) in [6.45, 7) is 3.54. The van der Waals surface area contributed by atoms with E-state index in [-0.39, 0.29) is 0 Å². The van der Waals surface area contributed by atoms with E-state index in [4.69, 9.17) is 9.15 Å². The monoisotopic (exact) mass is 423 g/mol. The molecule has 0 aromatic carbocycles. The molecule has 164 valence electrons. The zero-order chi connectivity index (χ0) is 21.0. The molecule has 2 aromatic heterocycles. The number of rotatable bonds is 7. The van der Waals surface area contributed by atoms with Crippen molar-refractivity contribution in [2.24, 2.45) is 5.92 Å². The Bertz CT molecular complexity index is 810. The maximum atomic E-state index is 12.6. The van der Waals surface area contributed by atoms with E-state index in [9.17, 15) is 13.2 Å². The Morgan fingerprint density at radius 1 is 1.17 bits per heavy atom. The summed E-state index contributed by atoms with van der Waals surface area (Å²) in [6.07, 6.45) is 4.94. The second-order valence-corrected chi connectivity index (χ2v) is 8.22. The van der Waals surface area contributed by atoms with Crippen molar-refractivity contribution < 1.29 is 22.3 Å². The van der Waals surface area contributed by atoms with E-state index in [0.717, 1.165) is 62.8 Å². The van der Waals surface area contributed by atoms with Crippen molar-refractivity contribution in [3.63, 3.8) is 0 Å². The van der Waals surface area contributed by atoms with Gasteiger partial charge in [-0.3, -0.25) is 4.98 Å². The molecule has 0 spiro atoms. The first kappa shape index (κ1) is 21.0. The van der Waals surface area contributed by atoms with Crippen LogP contribution in [0.1, 0.15) is 43.6 Å². The fraction of sp³-hybridized carbons (Fsp3) is 0.591. The summed E-state index contributed by atoms with van der Waals surface area (Å²) >= 11 is 0. The first-order valence-electron chi connectivity index (χ1n) is 10.7. The third-order valence-corrected chi connectivity index (χ3v) is 6.03. The van der Waals surface area contributed by atoms with Gasteiger partial charge in [0.15, 0.2) is 0 Å². The molecule has 8 heteroatoms. The molecule has 0 amide bonds. The maximum absolute atomic E-state index is 12.6. The summed E-state index contributed by atoms with van der Waals surface area (Å²) in [6, 6.07) is 4.92. The maximum Gasteiger partial charge on any atom is 0.449 e. The molecule has 0 unspecified atom stereocenters. The van der Waals surface area contributed by atoms with E-state index < -0.39 is 11.9 Å². The predicted octanol–water partition coefficient (Wildman–Crippen LogP) is 4.67. The molecule has 0 bridgehead atoms. The Labute approximate surface area is 174 Å². The van der Waals surface area contributed by atoms with Crippen molar-refractivity contribution >= 4 is 5.69 Å². The molecule has 5 nitrogen and oxygen atoms in total. The number of furan rings is 1. The van der Waals surface area contributed by atoms with Gasteiger partial charge in [-0.25, -0.2) is 0 Å². The SMILES string of the molecule is FC(F)(F)c1ccc(CCC2CCN(c3cncc(OC[C@@H]4CCCN4)c3)CC2)o1. The molecule has 2 aliphatic rings. The minimum Gasteiger partial charge on any atom is -0.490 e. The highest BCUT2D eigenvalue weighted by molar-refractivity contribution is 5.48. The Kier molecular flexibility index (Phi) is 6.51. The van der Waals surface area contributed by atoms with E-state index in [1.807, 2.05) is 12.3 Å². The summed E-state index contributed by atoms with van der Waals surface area (Å²) in [5.74, 6) is 0.782. The lowest BCUT2D eigenvalue weighted by Crippen LogP contribution is -2.34. The first-order valence-corrected chi connectivity index (χ1v) is 10.7. The van der Waals surface area contributed by atoms with Crippen molar-refractivity contribution in [2.45, 2.75) is 50.7 Å². The van der Waals surface area contributed by atoms with Crippen LogP contribution in [0.15, 0.2) is 35.0 Å². The number of ether oxygens (including phenoxy) is 1. The van der Waals surface area contributed by atoms with E-state index in [2.05, 4.69) is 15.2 Å². The van der Waals surface area contributed by atoms with Gasteiger partial charge in [-0.05, 0) is 56.7 Å². The van der Waals surface area contributed by atoms with Crippen LogP contribution in [0, 0.1) is 5.92 Å². The Hall–Kier alpha value is -2.22. The highest BCUT2D eigenvalue weighted by Gasteiger charge is 2.34. The van der Waals surface area contributed by atoms with Gasteiger partial charge in [0.2, 0.25) is 5.76 Å². The predicted molar refractivity (Wildman–Crippen MR) is 108 cm³/mol. The van der Waals surface area contributed by atoms with E-state index in [1.165, 1.54) is 12.5 Å². The highest BCUT2D eigenvalue weighted by Crippen LogP contribution is 2.32. The molecular formula is C22H28F3N3O2. The number of aromatic nitrogens is 1. The summed E-state index contributed by atoms with van der Waals surface area (Å²) in [5, 5.41) is 3.42. The van der Waals surface area contributed by atoms with Crippen LogP contribution in [0.4, 0.5) is 18.9 Å². The normalized spacial score (nSPS) is 20.6. The summed E-state index contributed by atoms with van der Waals surface area (Å²) in [4.78, 5) is 6.64. The lowest BCUT2D eigenvalue weighted by Gasteiger charge is -2.33. The van der Waals surface area contributed by atoms with Crippen molar-refractivity contribution in [3.8, 4) is 5.75 Å². The van der Waals surface area contributed by atoms with Crippen molar-refractivity contribution in [3.05, 3.63) is 42.1 Å². The van der Waals surface area contributed by atoms with Crippen LogP contribution in [-0.4, -0.2) is 37.3 Å². The van der Waals surface area contributed by atoms with E-state index >= 15 is 0 Å². The number of nitrogens with zero attached hydrogens (tertiary/aromatic N) is 2. The van der Waals surface area contributed by atoms with Gasteiger partial charge < -0.3 is 19.4 Å². The zero-order valence-electron chi connectivity index (χ0n) is 17.0. The van der Waals surface area contributed by atoms with Crippen LogP contribution >= 0.6 is 0 Å². The summed E-state index contributed by atoms with van der Waals surface area (Å²) in [7, 11) is 0. The summed E-state index contributed by atoms with van der Waals surface area (Å²) in [5.41, 5.74) is 1.06. The summed E-state index contributed by atoms with van der Waals surface area (Å²) < 4.78 is 48.8. The third-order valence-electron chi connectivity index (χ3n) is 6.03. The Balaban J connectivity index is 1.23. The zero-order valence-corrected chi connectivity index (χ0v) is 17.0. The topological polar surface area (TPSA) is 50.5 Å². The fourth-order valence-corrected chi connectivity index (χ4v) is 4.25. The quantitative estimate of drug-likeness (QED) is 0.701. The molecular weight excluding hydrogens is 395 g/mol. The molecule has 2 aliphatic heterocycles. The van der Waals surface area contributed by atoms with Crippen molar-refractivity contribution in [1.82, 2.24) is 10.3 Å². The van der Waals surface area contributed by atoms with Gasteiger partial charge in [0, 0.05) is 31.6 Å². The first-order chi connectivity index (χ1) is 14.5. The fourth-order valence-electron chi connectivity index (χ4n) is 4.25. The van der Waals surface area contributed by atoms with Gasteiger partial charge in [0.05, 0.1) is 18.1 Å². The number of hydrogen-bond donors (Lipinski definition) is 1. The second-order valence-electron chi connectivity index (χ2n) is 8.22. The molecule has 0 saturated carbocycles. The lowest BCUT2D eigenvalue weighted by molar-refractivity contribution is -0.153. The number of nitrogens with one attached hydrogen (secondary N) is 1. The number of halogens is 3. The average molecular weight is 423 g/mol. The number of alkyl halides is 3. The molecule has 2 fully saturated rings. The molecule has 1 N–H and O–H groups in total. The highest BCUT2D eigenvalue weighted by atomic mass is 19.4. The largest absolute Gasteiger partial charge is 0.490 e. The molecule has 30 heavy (non-hydrogen) atoms. The lowest BCUT2D eigenvalue weighted by atomic mass is 9.91. The van der Waals surface area contributed by atoms with Crippen LogP contribution in [0.3, 0.4) is 0 Å². The van der Waals surface area contributed by atoms with Crippen LogP contribution in [0.2, 0.25) is 0 Å². The Morgan fingerprint density at radius 2 is 2.00 bits per heavy atom. The van der Waals surface area contributed by atoms with Gasteiger partial charge >= 0.3 is 6.18 Å².